The van der Waals surface area contributed by atoms with Gasteiger partial charge in [0.15, 0.2) is 0 Å². The highest BCUT2D eigenvalue weighted by Gasteiger charge is 2.31. The van der Waals surface area contributed by atoms with Gasteiger partial charge in [0.25, 0.3) is 0 Å². The lowest BCUT2D eigenvalue weighted by molar-refractivity contribution is -0.0106. The average Bonchev–Trinajstić information content (AvgIpc) is 2.89. The predicted octanol–water partition coefficient (Wildman–Crippen LogP) is 1.81. The zero-order chi connectivity index (χ0) is 12.3. The van der Waals surface area contributed by atoms with Crippen molar-refractivity contribution in [2.45, 2.75) is 44.6 Å². The minimum absolute atomic E-state index is 0.350. The van der Waals surface area contributed by atoms with E-state index in [9.17, 15) is 0 Å². The van der Waals surface area contributed by atoms with Crippen LogP contribution in [0.5, 0.6) is 0 Å². The van der Waals surface area contributed by atoms with Crippen molar-refractivity contribution >= 4 is 0 Å². The normalized spacial score (nSPS) is 24.5. The largest absolute Gasteiger partial charge is 0.370 e. The fraction of sp³-hybridized carbons (Fsp3) is 0.833. The Bertz CT molecular complexity index is 354. The second-order valence-corrected chi connectivity index (χ2v) is 4.79. The molecule has 5 nitrogen and oxygen atoms in total. The van der Waals surface area contributed by atoms with Crippen molar-refractivity contribution in [3.05, 3.63) is 11.7 Å². The summed E-state index contributed by atoms with van der Waals surface area (Å²) in [7, 11) is 1.68. The molecule has 17 heavy (non-hydrogen) atoms. The smallest absolute Gasteiger partial charge is 0.231 e. The van der Waals surface area contributed by atoms with Gasteiger partial charge in [0, 0.05) is 13.7 Å². The number of piperidine rings is 1. The molecule has 0 aromatic carbocycles. The summed E-state index contributed by atoms with van der Waals surface area (Å²) in [6.07, 6.45) is 3.10. The lowest BCUT2D eigenvalue weighted by atomic mass is 9.99. The standard InChI is InChI=1S/C12H21N3O2/c1-4-12(2,16-3)11-14-10(17-15-11)9-6-5-7-13-8-9/h9,13H,4-8H2,1-3H3/t9-,12?/m1/s1. The Hall–Kier alpha value is -0.940. The van der Waals surface area contributed by atoms with Crippen LogP contribution in [0.1, 0.15) is 50.7 Å². The maximum Gasteiger partial charge on any atom is 0.231 e. The lowest BCUT2D eigenvalue weighted by Gasteiger charge is -2.22. The van der Waals surface area contributed by atoms with Gasteiger partial charge in [-0.15, -0.1) is 0 Å². The first-order valence-electron chi connectivity index (χ1n) is 6.29. The number of ether oxygens (including phenoxy) is 1. The Morgan fingerprint density at radius 3 is 3.00 bits per heavy atom. The van der Waals surface area contributed by atoms with Crippen LogP contribution in [0.25, 0.3) is 0 Å². The molecular weight excluding hydrogens is 218 g/mol. The number of rotatable bonds is 4. The van der Waals surface area contributed by atoms with E-state index < -0.39 is 5.60 Å². The van der Waals surface area contributed by atoms with E-state index in [1.165, 1.54) is 0 Å². The molecule has 2 atom stereocenters. The fourth-order valence-electron chi connectivity index (χ4n) is 2.07. The maximum atomic E-state index is 5.47. The van der Waals surface area contributed by atoms with Gasteiger partial charge in [-0.05, 0) is 32.7 Å². The topological polar surface area (TPSA) is 60.2 Å². The molecule has 1 fully saturated rings. The molecule has 1 aromatic heterocycles. The Balaban J connectivity index is 2.14. The molecule has 1 aromatic rings. The molecule has 5 heteroatoms. The molecule has 0 radical (unpaired) electrons. The van der Waals surface area contributed by atoms with Gasteiger partial charge in [0.1, 0.15) is 5.60 Å². The van der Waals surface area contributed by atoms with Crippen LogP contribution < -0.4 is 5.32 Å². The van der Waals surface area contributed by atoms with E-state index in [4.69, 9.17) is 9.26 Å². The molecule has 2 heterocycles. The van der Waals surface area contributed by atoms with Gasteiger partial charge in [-0.3, -0.25) is 0 Å². The Kier molecular flexibility index (Phi) is 3.79. The summed E-state index contributed by atoms with van der Waals surface area (Å²) in [5.74, 6) is 1.75. The average molecular weight is 239 g/mol. The fourth-order valence-corrected chi connectivity index (χ4v) is 2.07. The van der Waals surface area contributed by atoms with E-state index in [2.05, 4.69) is 22.4 Å². The number of nitrogens with one attached hydrogen (secondary N) is 1. The van der Waals surface area contributed by atoms with E-state index in [0.29, 0.717) is 11.7 Å². The summed E-state index contributed by atoms with van der Waals surface area (Å²) in [6.45, 7) is 6.06. The van der Waals surface area contributed by atoms with Gasteiger partial charge in [-0.1, -0.05) is 12.1 Å². The van der Waals surface area contributed by atoms with E-state index in [1.807, 2.05) is 6.92 Å². The number of hydrogen-bond donors (Lipinski definition) is 1. The van der Waals surface area contributed by atoms with Gasteiger partial charge in [-0.2, -0.15) is 4.98 Å². The third kappa shape index (κ3) is 2.50. The van der Waals surface area contributed by atoms with E-state index in [-0.39, 0.29) is 0 Å². The Morgan fingerprint density at radius 1 is 1.59 bits per heavy atom. The van der Waals surface area contributed by atoms with Crippen molar-refractivity contribution in [3.8, 4) is 0 Å². The zero-order valence-electron chi connectivity index (χ0n) is 10.8. The molecule has 96 valence electrons. The summed E-state index contributed by atoms with van der Waals surface area (Å²) in [5, 5.41) is 7.42. The molecular formula is C12H21N3O2. The molecule has 0 aliphatic carbocycles. The van der Waals surface area contributed by atoms with E-state index in [1.54, 1.807) is 7.11 Å². The van der Waals surface area contributed by atoms with Gasteiger partial charge >= 0.3 is 0 Å². The molecule has 1 unspecified atom stereocenters. The van der Waals surface area contributed by atoms with Gasteiger partial charge in [0.05, 0.1) is 5.92 Å². The van der Waals surface area contributed by atoms with Crippen LogP contribution in [-0.4, -0.2) is 30.3 Å². The number of hydrogen-bond acceptors (Lipinski definition) is 5. The molecule has 1 saturated heterocycles. The van der Waals surface area contributed by atoms with Crippen LogP contribution in [0.15, 0.2) is 4.52 Å². The third-order valence-electron chi connectivity index (χ3n) is 3.69. The molecule has 0 bridgehead atoms. The molecule has 0 amide bonds. The van der Waals surface area contributed by atoms with Crippen molar-refractivity contribution in [2.24, 2.45) is 0 Å². The van der Waals surface area contributed by atoms with Crippen LogP contribution in [0.4, 0.5) is 0 Å². The van der Waals surface area contributed by atoms with Crippen molar-refractivity contribution in [3.63, 3.8) is 0 Å². The van der Waals surface area contributed by atoms with Gasteiger partial charge < -0.3 is 14.6 Å². The van der Waals surface area contributed by atoms with Crippen molar-refractivity contribution < 1.29 is 9.26 Å². The highest BCUT2D eigenvalue weighted by Crippen LogP contribution is 2.28. The number of nitrogens with zero attached hydrogens (tertiary/aromatic N) is 2. The first-order valence-corrected chi connectivity index (χ1v) is 6.29. The van der Waals surface area contributed by atoms with E-state index in [0.717, 1.165) is 38.2 Å². The highest BCUT2D eigenvalue weighted by molar-refractivity contribution is 5.03. The van der Waals surface area contributed by atoms with Gasteiger partial charge in [-0.25, -0.2) is 0 Å². The first kappa shape index (κ1) is 12.5. The number of methoxy groups -OCH3 is 1. The number of aromatic nitrogens is 2. The summed E-state index contributed by atoms with van der Waals surface area (Å²) >= 11 is 0. The second kappa shape index (κ2) is 5.14. The minimum Gasteiger partial charge on any atom is -0.370 e. The summed E-state index contributed by atoms with van der Waals surface area (Å²) < 4.78 is 10.8. The Morgan fingerprint density at radius 2 is 2.41 bits per heavy atom. The third-order valence-corrected chi connectivity index (χ3v) is 3.69. The molecule has 1 aliphatic heterocycles. The van der Waals surface area contributed by atoms with Gasteiger partial charge in [0.2, 0.25) is 11.7 Å². The quantitative estimate of drug-likeness (QED) is 0.868. The second-order valence-electron chi connectivity index (χ2n) is 4.79. The predicted molar refractivity (Wildman–Crippen MR) is 63.8 cm³/mol. The molecule has 0 saturated carbocycles. The first-order chi connectivity index (χ1) is 8.19. The van der Waals surface area contributed by atoms with Crippen molar-refractivity contribution in [1.29, 1.82) is 0 Å². The van der Waals surface area contributed by atoms with Crippen LogP contribution in [0.3, 0.4) is 0 Å². The highest BCUT2D eigenvalue weighted by atomic mass is 16.5. The van der Waals surface area contributed by atoms with Crippen molar-refractivity contribution in [1.82, 2.24) is 15.5 Å². The van der Waals surface area contributed by atoms with Crippen LogP contribution in [-0.2, 0) is 10.3 Å². The zero-order valence-corrected chi connectivity index (χ0v) is 10.8. The summed E-state index contributed by atoms with van der Waals surface area (Å²) in [6, 6.07) is 0. The van der Waals surface area contributed by atoms with Crippen LogP contribution in [0.2, 0.25) is 0 Å². The molecule has 1 N–H and O–H groups in total. The van der Waals surface area contributed by atoms with Crippen molar-refractivity contribution in [2.75, 3.05) is 20.2 Å². The SMILES string of the molecule is CCC(C)(OC)c1noc([C@@H]2CCCNC2)n1. The molecule has 2 rings (SSSR count). The lowest BCUT2D eigenvalue weighted by Crippen LogP contribution is -2.29. The maximum absolute atomic E-state index is 5.47. The van der Waals surface area contributed by atoms with E-state index >= 15 is 0 Å². The monoisotopic (exact) mass is 239 g/mol. The summed E-state index contributed by atoms with van der Waals surface area (Å²) in [4.78, 5) is 4.50. The van der Waals surface area contributed by atoms with Crippen LogP contribution in [0, 0.1) is 0 Å². The Labute approximate surface area is 102 Å². The molecule has 1 aliphatic rings. The summed E-state index contributed by atoms with van der Waals surface area (Å²) in [5.41, 5.74) is -0.441. The minimum atomic E-state index is -0.441. The molecule has 0 spiro atoms. The van der Waals surface area contributed by atoms with Crippen LogP contribution >= 0.6 is 0 Å².